The second kappa shape index (κ2) is 10.5. The van der Waals surface area contributed by atoms with E-state index in [9.17, 15) is 17.6 Å². The summed E-state index contributed by atoms with van der Waals surface area (Å²) in [7, 11) is -4.04. The minimum absolute atomic E-state index is 0.0514. The standard InChI is InChI=1S/C23H22ClFN2O4S/c1-17-6-12-20(13-7-17)32(29,30)27(22-5-3-2-4-21(22)24)16-23(28)26-14-15-31-19-10-8-18(25)9-11-19/h2-13H,14-16H2,1H3,(H,26,28). The molecule has 0 saturated carbocycles. The lowest BCUT2D eigenvalue weighted by atomic mass is 10.2. The predicted octanol–water partition coefficient (Wildman–Crippen LogP) is 4.18. The van der Waals surface area contributed by atoms with Crippen molar-refractivity contribution in [2.75, 3.05) is 24.0 Å². The van der Waals surface area contributed by atoms with Gasteiger partial charge in [-0.1, -0.05) is 41.4 Å². The molecule has 0 aromatic heterocycles. The Hall–Kier alpha value is -3.10. The zero-order valence-electron chi connectivity index (χ0n) is 17.3. The number of aryl methyl sites for hydroxylation is 1. The number of nitrogens with zero attached hydrogens (tertiary/aromatic N) is 1. The Kier molecular flexibility index (Phi) is 7.71. The number of para-hydroxylation sites is 1. The Morgan fingerprint density at radius 3 is 2.34 bits per heavy atom. The second-order valence-corrected chi connectivity index (χ2v) is 9.20. The molecule has 0 aliphatic heterocycles. The molecule has 6 nitrogen and oxygen atoms in total. The van der Waals surface area contributed by atoms with E-state index in [-0.39, 0.29) is 34.6 Å². The van der Waals surface area contributed by atoms with Crippen molar-refractivity contribution in [3.63, 3.8) is 0 Å². The van der Waals surface area contributed by atoms with Gasteiger partial charge in [0, 0.05) is 0 Å². The highest BCUT2D eigenvalue weighted by atomic mass is 35.5. The van der Waals surface area contributed by atoms with Crippen LogP contribution in [-0.4, -0.2) is 34.0 Å². The van der Waals surface area contributed by atoms with Crippen LogP contribution in [0.3, 0.4) is 0 Å². The fraction of sp³-hybridized carbons (Fsp3) is 0.174. The molecule has 0 fully saturated rings. The summed E-state index contributed by atoms with van der Waals surface area (Å²) in [6.45, 7) is 1.66. The van der Waals surface area contributed by atoms with Crippen molar-refractivity contribution in [3.8, 4) is 5.75 Å². The van der Waals surface area contributed by atoms with Crippen LogP contribution in [0.1, 0.15) is 5.56 Å². The van der Waals surface area contributed by atoms with Gasteiger partial charge in [-0.3, -0.25) is 9.10 Å². The fourth-order valence-electron chi connectivity index (χ4n) is 2.87. The Balaban J connectivity index is 1.71. The van der Waals surface area contributed by atoms with Crippen LogP contribution in [0.4, 0.5) is 10.1 Å². The first-order valence-corrected chi connectivity index (χ1v) is 11.6. The van der Waals surface area contributed by atoms with Gasteiger partial charge in [0.1, 0.15) is 24.7 Å². The lowest BCUT2D eigenvalue weighted by Gasteiger charge is -2.25. The van der Waals surface area contributed by atoms with E-state index in [1.807, 2.05) is 6.92 Å². The Morgan fingerprint density at radius 2 is 1.69 bits per heavy atom. The summed E-state index contributed by atoms with van der Waals surface area (Å²) >= 11 is 6.24. The van der Waals surface area contributed by atoms with Crippen LogP contribution in [0.25, 0.3) is 0 Å². The number of benzene rings is 3. The van der Waals surface area contributed by atoms with E-state index in [1.165, 1.54) is 36.4 Å². The van der Waals surface area contributed by atoms with Gasteiger partial charge in [0.15, 0.2) is 0 Å². The van der Waals surface area contributed by atoms with Gasteiger partial charge >= 0.3 is 0 Å². The van der Waals surface area contributed by atoms with Crippen LogP contribution in [0.5, 0.6) is 5.75 Å². The van der Waals surface area contributed by atoms with Crippen LogP contribution in [-0.2, 0) is 14.8 Å². The Labute approximate surface area is 191 Å². The summed E-state index contributed by atoms with van der Waals surface area (Å²) in [5.74, 6) is -0.441. The number of carbonyl (C=O) groups is 1. The summed E-state index contributed by atoms with van der Waals surface area (Å²) in [6.07, 6.45) is 0. The predicted molar refractivity (Wildman–Crippen MR) is 122 cm³/mol. The maximum Gasteiger partial charge on any atom is 0.264 e. The van der Waals surface area contributed by atoms with Crippen molar-refractivity contribution < 1.29 is 22.3 Å². The van der Waals surface area contributed by atoms with Gasteiger partial charge in [-0.25, -0.2) is 12.8 Å². The van der Waals surface area contributed by atoms with Crippen LogP contribution in [0.15, 0.2) is 77.7 Å². The smallest absolute Gasteiger partial charge is 0.264 e. The molecule has 0 aliphatic carbocycles. The number of anilines is 1. The van der Waals surface area contributed by atoms with Crippen LogP contribution >= 0.6 is 11.6 Å². The Bertz CT molecular complexity index is 1170. The van der Waals surface area contributed by atoms with E-state index >= 15 is 0 Å². The molecule has 3 aromatic carbocycles. The van der Waals surface area contributed by atoms with E-state index in [1.54, 1.807) is 36.4 Å². The number of hydrogen-bond donors (Lipinski definition) is 1. The molecule has 9 heteroatoms. The zero-order valence-corrected chi connectivity index (χ0v) is 18.9. The minimum Gasteiger partial charge on any atom is -0.492 e. The van der Waals surface area contributed by atoms with Crippen LogP contribution < -0.4 is 14.4 Å². The van der Waals surface area contributed by atoms with Gasteiger partial charge in [0.05, 0.1) is 22.2 Å². The molecule has 0 bridgehead atoms. The number of amides is 1. The normalized spacial score (nSPS) is 11.1. The van der Waals surface area contributed by atoms with E-state index in [2.05, 4.69) is 5.32 Å². The SMILES string of the molecule is Cc1ccc(S(=O)(=O)N(CC(=O)NCCOc2ccc(F)cc2)c2ccccc2Cl)cc1. The molecule has 0 unspecified atom stereocenters. The number of ether oxygens (including phenoxy) is 1. The summed E-state index contributed by atoms with van der Waals surface area (Å²) in [5, 5.41) is 2.83. The van der Waals surface area contributed by atoms with E-state index < -0.39 is 22.5 Å². The largest absolute Gasteiger partial charge is 0.492 e. The first-order chi connectivity index (χ1) is 15.3. The minimum atomic E-state index is -4.04. The van der Waals surface area contributed by atoms with E-state index in [0.29, 0.717) is 5.75 Å². The molecule has 0 atom stereocenters. The first kappa shape index (κ1) is 23.6. The van der Waals surface area contributed by atoms with Gasteiger partial charge in [0.2, 0.25) is 5.91 Å². The van der Waals surface area contributed by atoms with Gasteiger partial charge in [-0.2, -0.15) is 0 Å². The summed E-state index contributed by atoms with van der Waals surface area (Å²) in [6, 6.07) is 18.3. The molecule has 1 N–H and O–H groups in total. The second-order valence-electron chi connectivity index (χ2n) is 6.93. The Morgan fingerprint density at radius 1 is 1.03 bits per heavy atom. The number of rotatable bonds is 9. The van der Waals surface area contributed by atoms with Crippen LogP contribution in [0.2, 0.25) is 5.02 Å². The van der Waals surface area contributed by atoms with Crippen molar-refractivity contribution in [1.29, 1.82) is 0 Å². The number of nitrogens with one attached hydrogen (secondary N) is 1. The van der Waals surface area contributed by atoms with Gasteiger partial charge in [-0.05, 0) is 55.5 Å². The highest BCUT2D eigenvalue weighted by Gasteiger charge is 2.28. The quantitative estimate of drug-likeness (QED) is 0.470. The van der Waals surface area contributed by atoms with Gasteiger partial charge in [-0.15, -0.1) is 0 Å². The molecule has 0 saturated heterocycles. The molecule has 3 aromatic rings. The number of carbonyl (C=O) groups excluding carboxylic acids is 1. The maximum absolute atomic E-state index is 13.3. The van der Waals surface area contributed by atoms with E-state index in [0.717, 1.165) is 9.87 Å². The van der Waals surface area contributed by atoms with Crippen LogP contribution in [0, 0.1) is 12.7 Å². The molecular weight excluding hydrogens is 455 g/mol. The number of hydrogen-bond acceptors (Lipinski definition) is 4. The molecule has 0 radical (unpaired) electrons. The third-order valence-electron chi connectivity index (χ3n) is 4.52. The lowest BCUT2D eigenvalue weighted by molar-refractivity contribution is -0.119. The van der Waals surface area contributed by atoms with Crippen molar-refractivity contribution in [2.24, 2.45) is 0 Å². The van der Waals surface area contributed by atoms with E-state index in [4.69, 9.17) is 16.3 Å². The number of halogens is 2. The van der Waals surface area contributed by atoms with Crippen molar-refractivity contribution in [2.45, 2.75) is 11.8 Å². The zero-order chi connectivity index (χ0) is 23.1. The molecule has 0 spiro atoms. The molecule has 168 valence electrons. The number of sulfonamides is 1. The molecule has 0 heterocycles. The molecule has 0 aliphatic rings. The molecule has 1 amide bonds. The molecule has 3 rings (SSSR count). The monoisotopic (exact) mass is 476 g/mol. The highest BCUT2D eigenvalue weighted by molar-refractivity contribution is 7.92. The van der Waals surface area contributed by atoms with Crippen molar-refractivity contribution >= 4 is 33.2 Å². The maximum atomic E-state index is 13.3. The van der Waals surface area contributed by atoms with Crippen molar-refractivity contribution in [1.82, 2.24) is 5.32 Å². The lowest BCUT2D eigenvalue weighted by Crippen LogP contribution is -2.42. The van der Waals surface area contributed by atoms with Gasteiger partial charge in [0.25, 0.3) is 10.0 Å². The third kappa shape index (κ3) is 5.99. The molecular formula is C23H22ClFN2O4S. The first-order valence-electron chi connectivity index (χ1n) is 9.76. The van der Waals surface area contributed by atoms with Crippen molar-refractivity contribution in [3.05, 3.63) is 89.2 Å². The highest BCUT2D eigenvalue weighted by Crippen LogP contribution is 2.30. The summed E-state index contributed by atoms with van der Waals surface area (Å²) in [5.41, 5.74) is 1.11. The fourth-order valence-corrected chi connectivity index (χ4v) is 4.60. The average Bonchev–Trinajstić information content (AvgIpc) is 2.77. The topological polar surface area (TPSA) is 75.7 Å². The molecule has 32 heavy (non-hydrogen) atoms. The summed E-state index contributed by atoms with van der Waals surface area (Å²) < 4.78 is 46.0. The third-order valence-corrected chi connectivity index (χ3v) is 6.62. The average molecular weight is 477 g/mol. The van der Waals surface area contributed by atoms with Gasteiger partial charge < -0.3 is 10.1 Å². The summed E-state index contributed by atoms with van der Waals surface area (Å²) in [4.78, 5) is 12.6.